The number of nitrogens with zero attached hydrogens (tertiary/aromatic N) is 4. The molecule has 3 aromatic rings. The van der Waals surface area contributed by atoms with Crippen LogP contribution in [0.15, 0.2) is 66.1 Å². The maximum absolute atomic E-state index is 13.2. The SMILES string of the molecule is CN(C)[C@H]1C[C@@H](c2cccc(C(F)(F)F)c2)CC[C@@H]1Nc1ccc(S(=O)(=O)Nc2ccncn2)cn1. The summed E-state index contributed by atoms with van der Waals surface area (Å²) in [6.45, 7) is 0. The highest BCUT2D eigenvalue weighted by atomic mass is 32.2. The van der Waals surface area contributed by atoms with Crippen molar-refractivity contribution in [1.82, 2.24) is 19.9 Å². The summed E-state index contributed by atoms with van der Waals surface area (Å²) in [4.78, 5) is 13.9. The topological polar surface area (TPSA) is 100 Å². The molecule has 0 unspecified atom stereocenters. The molecule has 1 fully saturated rings. The van der Waals surface area contributed by atoms with Gasteiger partial charge in [0.05, 0.1) is 5.56 Å². The van der Waals surface area contributed by atoms with Gasteiger partial charge in [-0.15, -0.1) is 0 Å². The fraction of sp³-hybridized carbons (Fsp3) is 0.375. The molecule has 2 heterocycles. The fourth-order valence-electron chi connectivity index (χ4n) is 4.52. The summed E-state index contributed by atoms with van der Waals surface area (Å²) < 4.78 is 67.1. The van der Waals surface area contributed by atoms with E-state index in [9.17, 15) is 21.6 Å². The molecule has 1 aromatic carbocycles. The average molecular weight is 521 g/mol. The molecule has 1 saturated carbocycles. The van der Waals surface area contributed by atoms with Crippen molar-refractivity contribution < 1.29 is 21.6 Å². The summed E-state index contributed by atoms with van der Waals surface area (Å²) in [6.07, 6.45) is 1.70. The van der Waals surface area contributed by atoms with Crippen molar-refractivity contribution in [2.75, 3.05) is 24.1 Å². The zero-order chi connectivity index (χ0) is 25.9. The molecule has 36 heavy (non-hydrogen) atoms. The molecule has 0 amide bonds. The van der Waals surface area contributed by atoms with Crippen LogP contribution in [0, 0.1) is 0 Å². The first-order valence-corrected chi connectivity index (χ1v) is 12.9. The van der Waals surface area contributed by atoms with Crippen molar-refractivity contribution in [1.29, 1.82) is 0 Å². The standard InChI is InChI=1S/C24H27F3N6O2S/c1-33(2)21-13-17(16-4-3-5-18(12-16)24(25,26)27)6-8-20(21)31-22-9-7-19(14-29-22)36(34,35)32-23-10-11-28-15-30-23/h3-5,7,9-12,14-15,17,20-21H,6,8,13H2,1-2H3,(H,29,31)(H,28,30,32)/t17-,20-,21-/m0/s1. The predicted molar refractivity (Wildman–Crippen MR) is 130 cm³/mol. The molecule has 2 aromatic heterocycles. The number of aromatic nitrogens is 3. The van der Waals surface area contributed by atoms with Gasteiger partial charge in [-0.2, -0.15) is 13.2 Å². The molecule has 0 bridgehead atoms. The Labute approximate surface area is 208 Å². The van der Waals surface area contributed by atoms with E-state index in [1.165, 1.54) is 43.0 Å². The van der Waals surface area contributed by atoms with E-state index in [0.717, 1.165) is 18.9 Å². The Morgan fingerprint density at radius 1 is 1.03 bits per heavy atom. The zero-order valence-corrected chi connectivity index (χ0v) is 20.6. The van der Waals surface area contributed by atoms with Crippen LogP contribution in [0.3, 0.4) is 0 Å². The van der Waals surface area contributed by atoms with E-state index in [1.807, 2.05) is 14.1 Å². The van der Waals surface area contributed by atoms with Gasteiger partial charge in [0, 0.05) is 24.5 Å². The molecule has 1 aliphatic rings. The Kier molecular flexibility index (Phi) is 7.46. The lowest BCUT2D eigenvalue weighted by molar-refractivity contribution is -0.137. The number of nitrogens with one attached hydrogen (secondary N) is 2. The average Bonchev–Trinajstić information content (AvgIpc) is 2.84. The highest BCUT2D eigenvalue weighted by molar-refractivity contribution is 7.92. The molecule has 4 rings (SSSR count). The van der Waals surface area contributed by atoms with E-state index >= 15 is 0 Å². The third-order valence-corrected chi connectivity index (χ3v) is 7.71. The minimum atomic E-state index is -4.37. The third kappa shape index (κ3) is 6.11. The second-order valence-corrected chi connectivity index (χ2v) is 10.7. The number of hydrogen-bond donors (Lipinski definition) is 2. The van der Waals surface area contributed by atoms with Gasteiger partial charge < -0.3 is 10.2 Å². The summed E-state index contributed by atoms with van der Waals surface area (Å²) in [5.41, 5.74) is 0.0640. The van der Waals surface area contributed by atoms with Crippen LogP contribution in [0.5, 0.6) is 0 Å². The number of likely N-dealkylation sites (N-methyl/N-ethyl adjacent to an activating group) is 1. The normalized spacial score (nSPS) is 20.8. The molecule has 1 aliphatic carbocycles. The number of rotatable bonds is 7. The van der Waals surface area contributed by atoms with Crippen LogP contribution in [0.4, 0.5) is 24.8 Å². The number of alkyl halides is 3. The summed E-state index contributed by atoms with van der Waals surface area (Å²) in [7, 11) is 0.0222. The number of benzene rings is 1. The van der Waals surface area contributed by atoms with Gasteiger partial charge in [-0.05, 0) is 69.1 Å². The van der Waals surface area contributed by atoms with Gasteiger partial charge in [0.2, 0.25) is 0 Å². The van der Waals surface area contributed by atoms with Crippen LogP contribution >= 0.6 is 0 Å². The van der Waals surface area contributed by atoms with E-state index in [1.54, 1.807) is 12.1 Å². The molecule has 3 atom stereocenters. The van der Waals surface area contributed by atoms with Crippen molar-refractivity contribution in [3.8, 4) is 0 Å². The first kappa shape index (κ1) is 25.8. The molecule has 0 radical (unpaired) electrons. The van der Waals surface area contributed by atoms with Gasteiger partial charge >= 0.3 is 6.18 Å². The van der Waals surface area contributed by atoms with Gasteiger partial charge in [0.15, 0.2) is 0 Å². The number of anilines is 2. The summed E-state index contributed by atoms with van der Waals surface area (Å²) >= 11 is 0. The molecule has 192 valence electrons. The van der Waals surface area contributed by atoms with Crippen LogP contribution < -0.4 is 10.0 Å². The Morgan fingerprint density at radius 2 is 1.83 bits per heavy atom. The highest BCUT2D eigenvalue weighted by Crippen LogP contribution is 2.38. The first-order chi connectivity index (χ1) is 17.0. The predicted octanol–water partition coefficient (Wildman–Crippen LogP) is 4.37. The van der Waals surface area contributed by atoms with Gasteiger partial charge in [0.25, 0.3) is 10.0 Å². The van der Waals surface area contributed by atoms with Gasteiger partial charge in [-0.1, -0.05) is 18.2 Å². The van der Waals surface area contributed by atoms with E-state index in [-0.39, 0.29) is 28.7 Å². The van der Waals surface area contributed by atoms with Crippen molar-refractivity contribution >= 4 is 21.7 Å². The lowest BCUT2D eigenvalue weighted by atomic mass is 9.78. The maximum atomic E-state index is 13.2. The Bertz CT molecular complexity index is 1270. The van der Waals surface area contributed by atoms with E-state index in [2.05, 4.69) is 29.9 Å². The van der Waals surface area contributed by atoms with Crippen LogP contribution in [-0.2, 0) is 16.2 Å². The third-order valence-electron chi connectivity index (χ3n) is 6.37. The second kappa shape index (κ2) is 10.4. The number of sulfonamides is 1. The number of halogens is 3. The lowest BCUT2D eigenvalue weighted by Gasteiger charge is -2.40. The smallest absolute Gasteiger partial charge is 0.366 e. The Hall–Kier alpha value is -3.25. The highest BCUT2D eigenvalue weighted by Gasteiger charge is 2.35. The van der Waals surface area contributed by atoms with Crippen molar-refractivity contribution in [2.45, 2.75) is 48.3 Å². The quantitative estimate of drug-likeness (QED) is 0.477. The van der Waals surface area contributed by atoms with Gasteiger partial charge in [0.1, 0.15) is 22.9 Å². The molecule has 0 spiro atoms. The van der Waals surface area contributed by atoms with Gasteiger partial charge in [-0.3, -0.25) is 4.72 Å². The minimum absolute atomic E-state index is 0.00357. The molecular weight excluding hydrogens is 493 g/mol. The minimum Gasteiger partial charge on any atom is -0.366 e. The molecule has 8 nitrogen and oxygen atoms in total. The van der Waals surface area contributed by atoms with Crippen molar-refractivity contribution in [2.24, 2.45) is 0 Å². The lowest BCUT2D eigenvalue weighted by Crippen LogP contribution is -2.47. The number of pyridine rings is 1. The Morgan fingerprint density at radius 3 is 2.47 bits per heavy atom. The summed E-state index contributed by atoms with van der Waals surface area (Å²) in [5.74, 6) is 0.676. The van der Waals surface area contributed by atoms with Crippen LogP contribution in [0.2, 0.25) is 0 Å². The van der Waals surface area contributed by atoms with E-state index < -0.39 is 21.8 Å². The van der Waals surface area contributed by atoms with Crippen LogP contribution in [0.25, 0.3) is 0 Å². The maximum Gasteiger partial charge on any atom is 0.416 e. The van der Waals surface area contributed by atoms with Crippen LogP contribution in [-0.4, -0.2) is 54.4 Å². The molecular formula is C24H27F3N6O2S. The van der Waals surface area contributed by atoms with Crippen molar-refractivity contribution in [3.05, 3.63) is 72.3 Å². The first-order valence-electron chi connectivity index (χ1n) is 11.4. The zero-order valence-electron chi connectivity index (χ0n) is 19.8. The van der Waals surface area contributed by atoms with E-state index in [4.69, 9.17) is 0 Å². The van der Waals surface area contributed by atoms with Gasteiger partial charge in [-0.25, -0.2) is 23.4 Å². The Balaban J connectivity index is 1.44. The van der Waals surface area contributed by atoms with Crippen molar-refractivity contribution in [3.63, 3.8) is 0 Å². The van der Waals surface area contributed by atoms with Crippen LogP contribution in [0.1, 0.15) is 36.3 Å². The summed E-state index contributed by atoms with van der Waals surface area (Å²) in [6, 6.07) is 10.1. The number of hydrogen-bond acceptors (Lipinski definition) is 7. The molecule has 12 heteroatoms. The second-order valence-electron chi connectivity index (χ2n) is 8.99. The van der Waals surface area contributed by atoms with E-state index in [0.29, 0.717) is 17.8 Å². The fourth-order valence-corrected chi connectivity index (χ4v) is 5.47. The molecule has 2 N–H and O–H groups in total. The molecule has 0 aliphatic heterocycles. The monoisotopic (exact) mass is 520 g/mol. The largest absolute Gasteiger partial charge is 0.416 e. The molecule has 0 saturated heterocycles. The summed E-state index contributed by atoms with van der Waals surface area (Å²) in [5, 5.41) is 3.38.